The summed E-state index contributed by atoms with van der Waals surface area (Å²) in [4.78, 5) is 37.8. The number of esters is 1. The van der Waals surface area contributed by atoms with Gasteiger partial charge in [0.1, 0.15) is 0 Å². The molecule has 0 aliphatic rings. The second-order valence-corrected chi connectivity index (χ2v) is 5.03. The van der Waals surface area contributed by atoms with Crippen LogP contribution >= 0.6 is 11.6 Å². The van der Waals surface area contributed by atoms with Gasteiger partial charge in [-0.25, -0.2) is 0 Å². The van der Waals surface area contributed by atoms with E-state index in [9.17, 15) is 14.4 Å². The van der Waals surface area contributed by atoms with Gasteiger partial charge in [0.15, 0.2) is 12.4 Å². The van der Waals surface area contributed by atoms with Crippen molar-refractivity contribution in [3.63, 3.8) is 0 Å². The molecule has 0 radical (unpaired) electrons. The van der Waals surface area contributed by atoms with Gasteiger partial charge in [-0.15, -0.1) is 0 Å². The molecule has 0 aliphatic heterocycles. The van der Waals surface area contributed by atoms with Gasteiger partial charge >= 0.3 is 5.97 Å². The van der Waals surface area contributed by atoms with Crippen molar-refractivity contribution in [1.29, 1.82) is 0 Å². The van der Waals surface area contributed by atoms with Gasteiger partial charge < -0.3 is 9.72 Å². The van der Waals surface area contributed by atoms with Gasteiger partial charge in [0, 0.05) is 23.2 Å². The Balaban J connectivity index is 1.74. The maximum absolute atomic E-state index is 11.9. The second-order valence-electron chi connectivity index (χ2n) is 4.60. The Bertz CT molecular complexity index is 662. The molecule has 1 aromatic heterocycles. The molecule has 6 heteroatoms. The number of benzene rings is 1. The summed E-state index contributed by atoms with van der Waals surface area (Å²) in [6, 6.07) is 9.71. The van der Waals surface area contributed by atoms with Crippen LogP contribution in [0.4, 0.5) is 0 Å². The average Bonchev–Trinajstić information content (AvgIpc) is 3.05. The Hall–Kier alpha value is -2.40. The van der Waals surface area contributed by atoms with Crippen LogP contribution in [0.2, 0.25) is 5.02 Å². The number of carbonyl (C=O) groups is 3. The van der Waals surface area contributed by atoms with E-state index in [2.05, 4.69) is 4.98 Å². The predicted molar refractivity (Wildman–Crippen MR) is 81.1 cm³/mol. The van der Waals surface area contributed by atoms with Crippen molar-refractivity contribution in [1.82, 2.24) is 4.98 Å². The summed E-state index contributed by atoms with van der Waals surface area (Å²) >= 11 is 5.74. The minimum atomic E-state index is -0.581. The highest BCUT2D eigenvalue weighted by Crippen LogP contribution is 2.12. The van der Waals surface area contributed by atoms with Crippen LogP contribution in [0.5, 0.6) is 0 Å². The number of rotatable bonds is 7. The Kier molecular flexibility index (Phi) is 5.49. The lowest BCUT2D eigenvalue weighted by Crippen LogP contribution is -2.15. The number of aromatic amines is 1. The van der Waals surface area contributed by atoms with E-state index in [4.69, 9.17) is 16.3 Å². The number of H-pyrrole nitrogens is 1. The van der Waals surface area contributed by atoms with Gasteiger partial charge in [0.05, 0.1) is 12.1 Å². The van der Waals surface area contributed by atoms with Crippen molar-refractivity contribution in [3.8, 4) is 0 Å². The summed E-state index contributed by atoms with van der Waals surface area (Å²) in [5.41, 5.74) is 0.865. The smallest absolute Gasteiger partial charge is 0.306 e. The van der Waals surface area contributed by atoms with E-state index in [1.807, 2.05) is 0 Å². The number of hydrogen-bond acceptors (Lipinski definition) is 4. The molecule has 114 valence electrons. The summed E-state index contributed by atoms with van der Waals surface area (Å²) < 4.78 is 4.85. The number of halogens is 1. The molecule has 1 heterocycles. The Morgan fingerprint density at radius 3 is 2.36 bits per heavy atom. The van der Waals surface area contributed by atoms with E-state index in [-0.39, 0.29) is 31.0 Å². The maximum Gasteiger partial charge on any atom is 0.306 e. The molecule has 2 rings (SSSR count). The monoisotopic (exact) mass is 319 g/mol. The number of ketones is 2. The molecular weight excluding hydrogens is 306 g/mol. The highest BCUT2D eigenvalue weighted by Gasteiger charge is 2.13. The lowest BCUT2D eigenvalue weighted by molar-refractivity contribution is -0.142. The number of aromatic nitrogens is 1. The zero-order valence-corrected chi connectivity index (χ0v) is 12.4. The molecular formula is C16H14ClNO4. The maximum atomic E-state index is 11.9. The third-order valence-corrected chi connectivity index (χ3v) is 3.24. The quantitative estimate of drug-likeness (QED) is 0.628. The number of ether oxygens (including phenoxy) is 1. The highest BCUT2D eigenvalue weighted by molar-refractivity contribution is 6.30. The number of Topliss-reactive ketones (excluding diaryl/α,β-unsaturated/α-hetero) is 2. The first-order chi connectivity index (χ1) is 10.6. The van der Waals surface area contributed by atoms with Crippen molar-refractivity contribution in [2.45, 2.75) is 12.8 Å². The van der Waals surface area contributed by atoms with Crippen molar-refractivity contribution >= 4 is 29.1 Å². The van der Waals surface area contributed by atoms with Crippen LogP contribution in [0.1, 0.15) is 33.7 Å². The molecule has 0 fully saturated rings. The standard InChI is InChI=1S/C16H14ClNO4/c17-12-5-3-11(4-6-12)14(19)7-8-16(21)22-10-15(20)13-2-1-9-18-13/h1-6,9,18H,7-8,10H2. The molecule has 0 saturated heterocycles. The Labute approximate surface area is 132 Å². The van der Waals surface area contributed by atoms with Gasteiger partial charge in [-0.3, -0.25) is 14.4 Å². The van der Waals surface area contributed by atoms with Crippen LogP contribution in [0.15, 0.2) is 42.6 Å². The van der Waals surface area contributed by atoms with Crippen LogP contribution in [0.3, 0.4) is 0 Å². The molecule has 0 unspecified atom stereocenters. The molecule has 5 nitrogen and oxygen atoms in total. The van der Waals surface area contributed by atoms with Gasteiger partial charge in [0.2, 0.25) is 5.78 Å². The van der Waals surface area contributed by atoms with Gasteiger partial charge in [-0.2, -0.15) is 0 Å². The van der Waals surface area contributed by atoms with Crippen molar-refractivity contribution in [2.24, 2.45) is 0 Å². The van der Waals surface area contributed by atoms with Crippen molar-refractivity contribution in [3.05, 3.63) is 58.9 Å². The van der Waals surface area contributed by atoms with E-state index in [0.29, 0.717) is 16.3 Å². The molecule has 0 atom stereocenters. The molecule has 22 heavy (non-hydrogen) atoms. The first-order valence-corrected chi connectivity index (χ1v) is 7.05. The zero-order valence-electron chi connectivity index (χ0n) is 11.7. The van der Waals surface area contributed by atoms with Gasteiger partial charge in [-0.1, -0.05) is 11.6 Å². The van der Waals surface area contributed by atoms with E-state index in [1.54, 1.807) is 42.6 Å². The van der Waals surface area contributed by atoms with Crippen LogP contribution < -0.4 is 0 Å². The minimum absolute atomic E-state index is 0.0250. The fourth-order valence-corrected chi connectivity index (χ4v) is 1.92. The summed E-state index contributed by atoms with van der Waals surface area (Å²) in [5.74, 6) is -1.08. The highest BCUT2D eigenvalue weighted by atomic mass is 35.5. The third kappa shape index (κ3) is 4.56. The minimum Gasteiger partial charge on any atom is -0.457 e. The summed E-state index contributed by atoms with van der Waals surface area (Å²) in [5, 5.41) is 0.541. The predicted octanol–water partition coefficient (Wildman–Crippen LogP) is 3.06. The molecule has 0 spiro atoms. The SMILES string of the molecule is O=C(CCC(=O)c1ccc(Cl)cc1)OCC(=O)c1ccc[nH]1. The summed E-state index contributed by atoms with van der Waals surface area (Å²) in [6.07, 6.45) is 1.57. The third-order valence-electron chi connectivity index (χ3n) is 2.98. The molecule has 0 saturated carbocycles. The average molecular weight is 320 g/mol. The first kappa shape index (κ1) is 16.0. The van der Waals surface area contributed by atoms with E-state index in [0.717, 1.165) is 0 Å². The Morgan fingerprint density at radius 1 is 1.00 bits per heavy atom. The zero-order chi connectivity index (χ0) is 15.9. The molecule has 1 N–H and O–H groups in total. The lowest BCUT2D eigenvalue weighted by atomic mass is 10.1. The van der Waals surface area contributed by atoms with Crippen LogP contribution in [-0.2, 0) is 9.53 Å². The van der Waals surface area contributed by atoms with Crippen LogP contribution in [-0.4, -0.2) is 29.1 Å². The fourth-order valence-electron chi connectivity index (χ4n) is 1.80. The number of carbonyl (C=O) groups excluding carboxylic acids is 3. The lowest BCUT2D eigenvalue weighted by Gasteiger charge is -2.04. The fraction of sp³-hybridized carbons (Fsp3) is 0.188. The molecule has 0 amide bonds. The topological polar surface area (TPSA) is 76.2 Å². The van der Waals surface area contributed by atoms with Crippen molar-refractivity contribution in [2.75, 3.05) is 6.61 Å². The second kappa shape index (κ2) is 7.56. The first-order valence-electron chi connectivity index (χ1n) is 6.67. The largest absolute Gasteiger partial charge is 0.457 e. The molecule has 0 bridgehead atoms. The van der Waals surface area contributed by atoms with Crippen LogP contribution in [0.25, 0.3) is 0 Å². The van der Waals surface area contributed by atoms with Gasteiger partial charge in [-0.05, 0) is 36.4 Å². The molecule has 1 aromatic carbocycles. The number of nitrogens with one attached hydrogen (secondary N) is 1. The molecule has 2 aromatic rings. The van der Waals surface area contributed by atoms with E-state index >= 15 is 0 Å². The van der Waals surface area contributed by atoms with E-state index < -0.39 is 5.97 Å². The van der Waals surface area contributed by atoms with E-state index in [1.165, 1.54) is 0 Å². The van der Waals surface area contributed by atoms with Crippen LogP contribution in [0, 0.1) is 0 Å². The summed E-state index contributed by atoms with van der Waals surface area (Å²) in [6.45, 7) is -0.339. The normalized spacial score (nSPS) is 10.2. The Morgan fingerprint density at radius 2 is 1.73 bits per heavy atom. The van der Waals surface area contributed by atoms with Gasteiger partial charge in [0.25, 0.3) is 0 Å². The van der Waals surface area contributed by atoms with Crippen molar-refractivity contribution < 1.29 is 19.1 Å². The number of hydrogen-bond donors (Lipinski definition) is 1. The summed E-state index contributed by atoms with van der Waals surface area (Å²) in [7, 11) is 0. The molecule has 0 aliphatic carbocycles.